The van der Waals surface area contributed by atoms with Gasteiger partial charge < -0.3 is 5.73 Å². The maximum absolute atomic E-state index is 5.58. The second-order valence-electron chi connectivity index (χ2n) is 3.45. The van der Waals surface area contributed by atoms with Crippen molar-refractivity contribution >= 4 is 15.9 Å². The summed E-state index contributed by atoms with van der Waals surface area (Å²) in [7, 11) is 0. The van der Waals surface area contributed by atoms with Gasteiger partial charge in [0.1, 0.15) is 0 Å². The zero-order valence-electron chi connectivity index (χ0n) is 8.05. The van der Waals surface area contributed by atoms with Crippen molar-refractivity contribution in [2.75, 3.05) is 6.54 Å². The molecule has 0 aliphatic carbocycles. The van der Waals surface area contributed by atoms with Gasteiger partial charge in [0.25, 0.3) is 0 Å². The number of nitrogens with two attached hydrogens (primary N) is 1. The summed E-state index contributed by atoms with van der Waals surface area (Å²) in [4.78, 5) is 4.14. The number of nitrogens with zero attached hydrogens (tertiary/aromatic N) is 1. The highest BCUT2D eigenvalue weighted by molar-refractivity contribution is 9.10. The minimum absolute atomic E-state index is 0.523. The fraction of sp³-hybridized carbons (Fsp3) is 0.500. The van der Waals surface area contributed by atoms with Crippen molar-refractivity contribution in [3.63, 3.8) is 0 Å². The highest BCUT2D eigenvalue weighted by atomic mass is 79.9. The molecule has 0 amide bonds. The zero-order chi connectivity index (χ0) is 9.84. The summed E-state index contributed by atoms with van der Waals surface area (Å²) < 4.78 is 1.08. The van der Waals surface area contributed by atoms with Gasteiger partial charge in [-0.05, 0) is 52.9 Å². The molecule has 0 fully saturated rings. The van der Waals surface area contributed by atoms with Gasteiger partial charge in [0, 0.05) is 16.9 Å². The summed E-state index contributed by atoms with van der Waals surface area (Å²) in [6, 6.07) is 0. The summed E-state index contributed by atoms with van der Waals surface area (Å²) in [5.74, 6) is 0.523. The van der Waals surface area contributed by atoms with E-state index < -0.39 is 0 Å². The molecule has 0 aromatic carbocycles. The number of aromatic nitrogens is 1. The Bertz CT molecular complexity index is 286. The van der Waals surface area contributed by atoms with Crippen LogP contribution in [0.25, 0.3) is 0 Å². The topological polar surface area (TPSA) is 38.9 Å². The number of pyridine rings is 1. The van der Waals surface area contributed by atoms with Crippen molar-refractivity contribution in [3.05, 3.63) is 28.0 Å². The van der Waals surface area contributed by atoms with Crippen LogP contribution in [0.1, 0.15) is 18.1 Å². The average Bonchev–Trinajstić information content (AvgIpc) is 2.13. The Morgan fingerprint density at radius 1 is 1.54 bits per heavy atom. The molecule has 1 aromatic rings. The van der Waals surface area contributed by atoms with Gasteiger partial charge in [-0.3, -0.25) is 4.98 Å². The minimum atomic E-state index is 0.523. The zero-order valence-corrected chi connectivity index (χ0v) is 9.63. The molecule has 2 N–H and O–H groups in total. The Kier molecular flexibility index (Phi) is 3.88. The second-order valence-corrected chi connectivity index (χ2v) is 4.30. The van der Waals surface area contributed by atoms with Gasteiger partial charge >= 0.3 is 0 Å². The quantitative estimate of drug-likeness (QED) is 0.884. The van der Waals surface area contributed by atoms with Crippen LogP contribution in [-0.4, -0.2) is 11.5 Å². The molecular formula is C10H15BrN2. The maximum atomic E-state index is 5.58. The molecule has 0 spiro atoms. The predicted octanol–water partition coefficient (Wildman–Crippen LogP) is 2.29. The number of hydrogen-bond acceptors (Lipinski definition) is 2. The monoisotopic (exact) mass is 242 g/mol. The Balaban J connectivity index is 2.83. The van der Waals surface area contributed by atoms with Gasteiger partial charge in [0.05, 0.1) is 0 Å². The van der Waals surface area contributed by atoms with Crippen molar-refractivity contribution in [3.8, 4) is 0 Å². The van der Waals surface area contributed by atoms with Crippen LogP contribution < -0.4 is 5.73 Å². The minimum Gasteiger partial charge on any atom is -0.330 e. The van der Waals surface area contributed by atoms with Crippen LogP contribution in [0, 0.1) is 12.8 Å². The summed E-state index contributed by atoms with van der Waals surface area (Å²) in [6.45, 7) is 4.98. The lowest BCUT2D eigenvalue weighted by Crippen LogP contribution is -2.13. The molecule has 1 atom stereocenters. The van der Waals surface area contributed by atoms with E-state index in [0.717, 1.165) is 17.4 Å². The first kappa shape index (κ1) is 10.7. The van der Waals surface area contributed by atoms with Crippen LogP contribution >= 0.6 is 15.9 Å². The molecule has 1 aromatic heterocycles. The Morgan fingerprint density at radius 2 is 2.23 bits per heavy atom. The molecule has 1 unspecified atom stereocenters. The predicted molar refractivity (Wildman–Crippen MR) is 58.6 cm³/mol. The van der Waals surface area contributed by atoms with E-state index in [9.17, 15) is 0 Å². The first-order valence-corrected chi connectivity index (χ1v) is 5.23. The smallest absolute Gasteiger partial charge is 0.0413 e. The summed E-state index contributed by atoms with van der Waals surface area (Å²) >= 11 is 3.46. The largest absolute Gasteiger partial charge is 0.330 e. The standard InChI is InChI=1S/C10H15BrN2/c1-7(4-12)3-9-5-13-6-10(11)8(9)2/h5-7H,3-4,12H2,1-2H3. The maximum Gasteiger partial charge on any atom is 0.0413 e. The van der Waals surface area contributed by atoms with Gasteiger partial charge in [-0.25, -0.2) is 0 Å². The molecule has 3 heteroatoms. The van der Waals surface area contributed by atoms with Gasteiger partial charge in [-0.2, -0.15) is 0 Å². The summed E-state index contributed by atoms with van der Waals surface area (Å²) in [6.07, 6.45) is 4.76. The van der Waals surface area contributed by atoms with Gasteiger partial charge in [-0.15, -0.1) is 0 Å². The number of halogens is 1. The number of hydrogen-bond donors (Lipinski definition) is 1. The number of rotatable bonds is 3. The lowest BCUT2D eigenvalue weighted by atomic mass is 10.00. The molecule has 1 heterocycles. The van der Waals surface area contributed by atoms with Crippen molar-refractivity contribution in [1.29, 1.82) is 0 Å². The lowest BCUT2D eigenvalue weighted by molar-refractivity contribution is 0.590. The first-order valence-electron chi connectivity index (χ1n) is 4.44. The van der Waals surface area contributed by atoms with Crippen molar-refractivity contribution in [1.82, 2.24) is 4.98 Å². The summed E-state index contributed by atoms with van der Waals surface area (Å²) in [5.41, 5.74) is 8.13. The Hall–Kier alpha value is -0.410. The molecule has 0 aliphatic heterocycles. The van der Waals surface area contributed by atoms with Crippen LogP contribution in [0.15, 0.2) is 16.9 Å². The molecule has 0 aliphatic rings. The van der Waals surface area contributed by atoms with Gasteiger partial charge in [0.15, 0.2) is 0 Å². The van der Waals surface area contributed by atoms with E-state index in [1.165, 1.54) is 11.1 Å². The van der Waals surface area contributed by atoms with E-state index in [4.69, 9.17) is 5.73 Å². The fourth-order valence-electron chi connectivity index (χ4n) is 1.20. The Labute approximate surface area is 87.7 Å². The lowest BCUT2D eigenvalue weighted by Gasteiger charge is -2.11. The summed E-state index contributed by atoms with van der Waals surface area (Å²) in [5, 5.41) is 0. The van der Waals surface area contributed by atoms with Crippen LogP contribution in [0.5, 0.6) is 0 Å². The molecule has 0 bridgehead atoms. The molecule has 2 nitrogen and oxygen atoms in total. The van der Waals surface area contributed by atoms with E-state index in [2.05, 4.69) is 34.8 Å². The Morgan fingerprint density at radius 3 is 2.85 bits per heavy atom. The molecule has 1 rings (SSSR count). The molecule has 0 saturated carbocycles. The third-order valence-electron chi connectivity index (χ3n) is 2.23. The molecular weight excluding hydrogens is 228 g/mol. The van der Waals surface area contributed by atoms with Crippen molar-refractivity contribution in [2.24, 2.45) is 11.7 Å². The molecule has 72 valence electrons. The van der Waals surface area contributed by atoms with Crippen molar-refractivity contribution in [2.45, 2.75) is 20.3 Å². The first-order chi connectivity index (χ1) is 6.15. The average molecular weight is 243 g/mol. The van der Waals surface area contributed by atoms with Crippen molar-refractivity contribution < 1.29 is 0 Å². The SMILES string of the molecule is Cc1c(Br)cncc1CC(C)CN. The van der Waals surface area contributed by atoms with Crippen LogP contribution in [0.3, 0.4) is 0 Å². The van der Waals surface area contributed by atoms with Crippen LogP contribution in [-0.2, 0) is 6.42 Å². The van der Waals surface area contributed by atoms with Gasteiger partial charge in [-0.1, -0.05) is 6.92 Å². The van der Waals surface area contributed by atoms with E-state index >= 15 is 0 Å². The third-order valence-corrected chi connectivity index (χ3v) is 3.03. The van der Waals surface area contributed by atoms with E-state index in [0.29, 0.717) is 5.92 Å². The normalized spacial score (nSPS) is 12.9. The highest BCUT2D eigenvalue weighted by Gasteiger charge is 2.06. The van der Waals surface area contributed by atoms with E-state index in [1.54, 1.807) is 0 Å². The third kappa shape index (κ3) is 2.78. The second kappa shape index (κ2) is 4.72. The molecule has 13 heavy (non-hydrogen) atoms. The van der Waals surface area contributed by atoms with Gasteiger partial charge in [0.2, 0.25) is 0 Å². The molecule has 0 radical (unpaired) electrons. The fourth-order valence-corrected chi connectivity index (χ4v) is 1.58. The van der Waals surface area contributed by atoms with Crippen LogP contribution in [0.2, 0.25) is 0 Å². The van der Waals surface area contributed by atoms with E-state index in [-0.39, 0.29) is 0 Å². The van der Waals surface area contributed by atoms with Crippen LogP contribution in [0.4, 0.5) is 0 Å². The molecule has 0 saturated heterocycles. The van der Waals surface area contributed by atoms with E-state index in [1.807, 2.05) is 12.4 Å². The highest BCUT2D eigenvalue weighted by Crippen LogP contribution is 2.19.